The number of carbonyl (C=O) groups is 1. The second-order valence-electron chi connectivity index (χ2n) is 5.65. The van der Waals surface area contributed by atoms with Crippen molar-refractivity contribution in [3.63, 3.8) is 0 Å². The van der Waals surface area contributed by atoms with Gasteiger partial charge in [-0.3, -0.25) is 9.78 Å². The molecule has 2 heterocycles. The van der Waals surface area contributed by atoms with Gasteiger partial charge in [0.2, 0.25) is 0 Å². The summed E-state index contributed by atoms with van der Waals surface area (Å²) >= 11 is 12.2. The number of benzene rings is 1. The van der Waals surface area contributed by atoms with Crippen LogP contribution < -0.4 is 9.47 Å². The molecule has 1 fully saturated rings. The van der Waals surface area contributed by atoms with Gasteiger partial charge in [0.1, 0.15) is 6.10 Å². The number of nitrogens with zero attached hydrogens (tertiary/aromatic N) is 1. The number of rotatable bonds is 6. The van der Waals surface area contributed by atoms with E-state index in [1.165, 1.54) is 12.4 Å². The van der Waals surface area contributed by atoms with Crippen molar-refractivity contribution in [3.05, 3.63) is 51.8 Å². The Hall–Kier alpha value is -1.82. The zero-order valence-electron chi connectivity index (χ0n) is 13.6. The monoisotopic (exact) mass is 381 g/mol. The van der Waals surface area contributed by atoms with E-state index in [0.717, 1.165) is 6.42 Å². The minimum Gasteiger partial charge on any atom is -0.493 e. The Bertz CT molecular complexity index is 755. The second kappa shape index (κ2) is 8.04. The summed E-state index contributed by atoms with van der Waals surface area (Å²) in [4.78, 5) is 16.5. The van der Waals surface area contributed by atoms with E-state index in [1.54, 1.807) is 25.3 Å². The highest BCUT2D eigenvalue weighted by Crippen LogP contribution is 2.31. The minimum absolute atomic E-state index is 0.0386. The molecular weight excluding hydrogens is 365 g/mol. The molecule has 0 aliphatic carbocycles. The Morgan fingerprint density at radius 3 is 2.68 bits per heavy atom. The van der Waals surface area contributed by atoms with Crippen LogP contribution in [0.4, 0.5) is 0 Å². The molecule has 0 bridgehead atoms. The van der Waals surface area contributed by atoms with Crippen molar-refractivity contribution in [1.29, 1.82) is 0 Å². The van der Waals surface area contributed by atoms with Crippen LogP contribution in [0, 0.1) is 0 Å². The van der Waals surface area contributed by atoms with Crippen LogP contribution in [0.1, 0.15) is 22.3 Å². The lowest BCUT2D eigenvalue weighted by atomic mass is 10.0. The van der Waals surface area contributed by atoms with Crippen LogP contribution in [0.5, 0.6) is 11.5 Å². The lowest BCUT2D eigenvalue weighted by molar-refractivity contribution is 0.0991. The van der Waals surface area contributed by atoms with Crippen LogP contribution >= 0.6 is 23.2 Å². The molecule has 2 aromatic rings. The summed E-state index contributed by atoms with van der Waals surface area (Å²) < 4.78 is 16.6. The number of methoxy groups -OCH3 is 1. The van der Waals surface area contributed by atoms with E-state index in [9.17, 15) is 4.79 Å². The van der Waals surface area contributed by atoms with Gasteiger partial charge < -0.3 is 14.2 Å². The first kappa shape index (κ1) is 18.0. The molecule has 1 aliphatic rings. The average Bonchev–Trinajstić information content (AvgIpc) is 3.11. The molecule has 5 nitrogen and oxygen atoms in total. The number of ether oxygens (including phenoxy) is 3. The minimum atomic E-state index is -0.120. The zero-order valence-corrected chi connectivity index (χ0v) is 15.1. The number of halogens is 2. The first-order valence-electron chi connectivity index (χ1n) is 7.82. The molecule has 132 valence electrons. The number of Topliss-reactive ketones (excluding diaryl/α,β-unsaturated/α-hetero) is 1. The number of aromatic nitrogens is 1. The molecule has 0 saturated carbocycles. The lowest BCUT2D eigenvalue weighted by Crippen LogP contribution is -2.16. The predicted molar refractivity (Wildman–Crippen MR) is 95.1 cm³/mol. The van der Waals surface area contributed by atoms with Gasteiger partial charge in [0.25, 0.3) is 0 Å². The summed E-state index contributed by atoms with van der Waals surface area (Å²) in [6.07, 6.45) is 3.79. The summed E-state index contributed by atoms with van der Waals surface area (Å²) in [5.41, 5.74) is 1.06. The molecule has 1 atom stereocenters. The van der Waals surface area contributed by atoms with Gasteiger partial charge in [-0.05, 0) is 18.2 Å². The summed E-state index contributed by atoms with van der Waals surface area (Å²) in [7, 11) is 1.56. The van der Waals surface area contributed by atoms with Gasteiger partial charge in [0, 0.05) is 36.4 Å². The molecule has 1 saturated heterocycles. The van der Waals surface area contributed by atoms with Gasteiger partial charge in [0.05, 0.1) is 30.4 Å². The number of carbonyl (C=O) groups excluding carboxylic acids is 1. The molecule has 1 aromatic heterocycles. The fourth-order valence-corrected chi connectivity index (χ4v) is 3.10. The van der Waals surface area contributed by atoms with Crippen molar-refractivity contribution in [2.45, 2.75) is 18.9 Å². The van der Waals surface area contributed by atoms with Crippen molar-refractivity contribution < 1.29 is 19.0 Å². The van der Waals surface area contributed by atoms with E-state index in [4.69, 9.17) is 37.4 Å². The van der Waals surface area contributed by atoms with E-state index >= 15 is 0 Å². The maximum Gasteiger partial charge on any atom is 0.167 e. The number of hydrogen-bond donors (Lipinski definition) is 0. The molecule has 0 spiro atoms. The van der Waals surface area contributed by atoms with E-state index < -0.39 is 0 Å². The highest BCUT2D eigenvalue weighted by Gasteiger charge is 2.21. The fraction of sp³-hybridized carbons (Fsp3) is 0.333. The van der Waals surface area contributed by atoms with Gasteiger partial charge in [-0.25, -0.2) is 0 Å². The summed E-state index contributed by atoms with van der Waals surface area (Å²) in [5, 5.41) is 0.739. The van der Waals surface area contributed by atoms with Gasteiger partial charge in [-0.2, -0.15) is 0 Å². The van der Waals surface area contributed by atoms with Crippen molar-refractivity contribution in [2.75, 3.05) is 20.3 Å². The molecule has 3 rings (SSSR count). The van der Waals surface area contributed by atoms with Gasteiger partial charge in [0.15, 0.2) is 17.3 Å². The Kier molecular flexibility index (Phi) is 5.78. The fourth-order valence-electron chi connectivity index (χ4n) is 2.60. The molecule has 25 heavy (non-hydrogen) atoms. The Labute approximate surface area is 155 Å². The van der Waals surface area contributed by atoms with Gasteiger partial charge >= 0.3 is 0 Å². The van der Waals surface area contributed by atoms with Crippen LogP contribution in [-0.2, 0) is 11.2 Å². The van der Waals surface area contributed by atoms with E-state index in [-0.39, 0.29) is 18.3 Å². The predicted octanol–water partition coefficient (Wildman–Crippen LogP) is 3.99. The average molecular weight is 382 g/mol. The van der Waals surface area contributed by atoms with Crippen LogP contribution in [-0.4, -0.2) is 37.2 Å². The normalized spacial score (nSPS) is 16.7. The largest absolute Gasteiger partial charge is 0.493 e. The Balaban J connectivity index is 1.82. The maximum absolute atomic E-state index is 12.6. The number of pyridine rings is 1. The third-order valence-electron chi connectivity index (χ3n) is 3.96. The summed E-state index contributed by atoms with van der Waals surface area (Å²) in [5.74, 6) is 0.976. The zero-order chi connectivity index (χ0) is 17.8. The van der Waals surface area contributed by atoms with Crippen LogP contribution in [0.15, 0.2) is 30.6 Å². The van der Waals surface area contributed by atoms with Gasteiger partial charge in [-0.15, -0.1) is 0 Å². The Morgan fingerprint density at radius 1 is 1.28 bits per heavy atom. The molecule has 1 aromatic carbocycles. The lowest BCUT2D eigenvalue weighted by Gasteiger charge is -2.16. The number of ketones is 1. The summed E-state index contributed by atoms with van der Waals surface area (Å²) in [6.45, 7) is 1.20. The van der Waals surface area contributed by atoms with Crippen LogP contribution in [0.25, 0.3) is 0 Å². The molecule has 1 unspecified atom stereocenters. The topological polar surface area (TPSA) is 57.7 Å². The molecule has 1 aliphatic heterocycles. The van der Waals surface area contributed by atoms with Crippen molar-refractivity contribution in [2.24, 2.45) is 0 Å². The van der Waals surface area contributed by atoms with E-state index in [2.05, 4.69) is 4.98 Å². The Morgan fingerprint density at radius 2 is 2.04 bits per heavy atom. The van der Waals surface area contributed by atoms with Gasteiger partial charge in [-0.1, -0.05) is 23.2 Å². The highest BCUT2D eigenvalue weighted by molar-refractivity contribution is 6.36. The first-order chi connectivity index (χ1) is 12.1. The molecule has 0 radical (unpaired) electrons. The quantitative estimate of drug-likeness (QED) is 0.708. The van der Waals surface area contributed by atoms with Crippen LogP contribution in [0.2, 0.25) is 10.0 Å². The van der Waals surface area contributed by atoms with Crippen molar-refractivity contribution >= 4 is 29.0 Å². The standard InChI is InChI=1S/C18H17Cl2NO4/c1-23-17-3-2-11(6-18(17)25-12-4-5-24-10-12)16(22)7-13-14(19)8-21-9-15(13)20/h2-3,6,8-9,12H,4-5,7,10H2,1H3. The molecular formula is C18H17Cl2NO4. The molecule has 0 amide bonds. The molecule has 0 N–H and O–H groups in total. The van der Waals surface area contributed by atoms with E-state index in [0.29, 0.717) is 45.9 Å². The SMILES string of the molecule is COc1ccc(C(=O)Cc2c(Cl)cncc2Cl)cc1OC1CCOC1. The summed E-state index contributed by atoms with van der Waals surface area (Å²) in [6, 6.07) is 5.10. The number of hydrogen-bond acceptors (Lipinski definition) is 5. The first-order valence-corrected chi connectivity index (χ1v) is 8.57. The third kappa shape index (κ3) is 4.24. The van der Waals surface area contributed by atoms with Crippen molar-refractivity contribution in [1.82, 2.24) is 4.98 Å². The smallest absolute Gasteiger partial charge is 0.167 e. The van der Waals surface area contributed by atoms with Crippen molar-refractivity contribution in [3.8, 4) is 11.5 Å². The van der Waals surface area contributed by atoms with Crippen LogP contribution in [0.3, 0.4) is 0 Å². The van der Waals surface area contributed by atoms with E-state index in [1.807, 2.05) is 0 Å². The second-order valence-corrected chi connectivity index (χ2v) is 6.47. The third-order valence-corrected chi connectivity index (χ3v) is 4.61. The maximum atomic E-state index is 12.6. The molecule has 7 heteroatoms. The highest BCUT2D eigenvalue weighted by atomic mass is 35.5.